The Kier molecular flexibility index (Phi) is 7.45. The van der Waals surface area contributed by atoms with Crippen LogP contribution in [0.2, 0.25) is 0 Å². The van der Waals surface area contributed by atoms with Crippen molar-refractivity contribution in [1.29, 1.82) is 0 Å². The normalized spacial score (nSPS) is 16.0. The summed E-state index contributed by atoms with van der Waals surface area (Å²) in [6.07, 6.45) is 2.62. The van der Waals surface area contributed by atoms with E-state index in [-0.39, 0.29) is 6.23 Å². The number of rotatable bonds is 7. The Balaban J connectivity index is 3.39. The molecule has 0 aliphatic heterocycles. The molecular weight excluding hydrogens is 154 g/mol. The summed E-state index contributed by atoms with van der Waals surface area (Å²) in [4.78, 5) is 0. The smallest absolute Gasteiger partial charge is 0.109 e. The van der Waals surface area contributed by atoms with E-state index in [0.29, 0.717) is 0 Å². The molecule has 0 heterocycles. The SMILES string of the molecule is CCCCOC(CC)NC(C)O. The third-order valence-electron chi connectivity index (χ3n) is 1.61. The predicted octanol–water partition coefficient (Wildman–Crippen LogP) is 1.47. The molecule has 3 heteroatoms. The number of hydrogen-bond donors (Lipinski definition) is 2. The van der Waals surface area contributed by atoms with Gasteiger partial charge in [0.1, 0.15) is 12.5 Å². The monoisotopic (exact) mass is 175 g/mol. The van der Waals surface area contributed by atoms with Gasteiger partial charge in [0.2, 0.25) is 0 Å². The molecule has 0 aromatic rings. The van der Waals surface area contributed by atoms with Crippen LogP contribution in [-0.2, 0) is 4.74 Å². The molecule has 0 aromatic heterocycles. The Morgan fingerprint density at radius 3 is 2.50 bits per heavy atom. The highest BCUT2D eigenvalue weighted by atomic mass is 16.5. The van der Waals surface area contributed by atoms with Gasteiger partial charge in [-0.25, -0.2) is 0 Å². The minimum atomic E-state index is -0.489. The fraction of sp³-hybridized carbons (Fsp3) is 1.00. The van der Waals surface area contributed by atoms with Crippen molar-refractivity contribution < 1.29 is 9.84 Å². The summed E-state index contributed by atoms with van der Waals surface area (Å²) in [5.41, 5.74) is 0. The van der Waals surface area contributed by atoms with Crippen LogP contribution in [0.15, 0.2) is 0 Å². The summed E-state index contributed by atoms with van der Waals surface area (Å²) in [6.45, 7) is 6.64. The Morgan fingerprint density at radius 2 is 2.08 bits per heavy atom. The second kappa shape index (κ2) is 7.53. The Morgan fingerprint density at radius 1 is 1.42 bits per heavy atom. The molecule has 0 fully saturated rings. The van der Waals surface area contributed by atoms with Gasteiger partial charge in [0, 0.05) is 6.61 Å². The zero-order valence-corrected chi connectivity index (χ0v) is 8.34. The van der Waals surface area contributed by atoms with Gasteiger partial charge in [-0.15, -0.1) is 0 Å². The average molecular weight is 175 g/mol. The Labute approximate surface area is 75.1 Å². The van der Waals surface area contributed by atoms with Crippen LogP contribution in [0.5, 0.6) is 0 Å². The maximum atomic E-state index is 9.02. The molecule has 0 bridgehead atoms. The molecule has 2 unspecified atom stereocenters. The van der Waals surface area contributed by atoms with Crippen LogP contribution in [0.1, 0.15) is 40.0 Å². The highest BCUT2D eigenvalue weighted by molar-refractivity contribution is 4.53. The summed E-state index contributed by atoms with van der Waals surface area (Å²) in [5, 5.41) is 11.9. The summed E-state index contributed by atoms with van der Waals surface area (Å²) in [6, 6.07) is 0. The lowest BCUT2D eigenvalue weighted by atomic mass is 10.3. The lowest BCUT2D eigenvalue weighted by Crippen LogP contribution is -2.38. The van der Waals surface area contributed by atoms with Crippen LogP contribution in [0, 0.1) is 0 Å². The zero-order chi connectivity index (χ0) is 9.40. The van der Waals surface area contributed by atoms with Crippen LogP contribution >= 0.6 is 0 Å². The molecule has 0 aliphatic rings. The summed E-state index contributed by atoms with van der Waals surface area (Å²) in [7, 11) is 0. The van der Waals surface area contributed by atoms with E-state index in [9.17, 15) is 0 Å². The molecule has 0 spiro atoms. The number of aliphatic hydroxyl groups excluding tert-OH is 1. The van der Waals surface area contributed by atoms with Gasteiger partial charge >= 0.3 is 0 Å². The third kappa shape index (κ3) is 6.58. The van der Waals surface area contributed by atoms with Crippen molar-refractivity contribution in [1.82, 2.24) is 5.32 Å². The quantitative estimate of drug-likeness (QED) is 0.455. The number of aliphatic hydroxyl groups is 1. The van der Waals surface area contributed by atoms with Crippen molar-refractivity contribution in [2.75, 3.05) is 6.61 Å². The van der Waals surface area contributed by atoms with E-state index in [1.807, 2.05) is 6.92 Å². The van der Waals surface area contributed by atoms with Crippen LogP contribution < -0.4 is 5.32 Å². The van der Waals surface area contributed by atoms with Gasteiger partial charge in [-0.1, -0.05) is 20.3 Å². The topological polar surface area (TPSA) is 41.5 Å². The lowest BCUT2D eigenvalue weighted by Gasteiger charge is -2.19. The lowest BCUT2D eigenvalue weighted by molar-refractivity contribution is -0.0126. The minimum absolute atomic E-state index is 0.00319. The molecule has 0 saturated heterocycles. The summed E-state index contributed by atoms with van der Waals surface area (Å²) >= 11 is 0. The van der Waals surface area contributed by atoms with Crippen molar-refractivity contribution >= 4 is 0 Å². The Hall–Kier alpha value is -0.120. The molecule has 0 rings (SSSR count). The molecule has 0 aromatic carbocycles. The number of ether oxygens (including phenoxy) is 1. The molecule has 74 valence electrons. The molecule has 2 N–H and O–H groups in total. The average Bonchev–Trinajstić information content (AvgIpc) is 2.02. The van der Waals surface area contributed by atoms with Crippen LogP contribution in [0.4, 0.5) is 0 Å². The van der Waals surface area contributed by atoms with E-state index < -0.39 is 6.23 Å². The molecule has 0 saturated carbocycles. The number of nitrogens with one attached hydrogen (secondary N) is 1. The van der Waals surface area contributed by atoms with Crippen molar-refractivity contribution in [3.8, 4) is 0 Å². The van der Waals surface area contributed by atoms with Crippen LogP contribution in [-0.4, -0.2) is 24.2 Å². The molecule has 3 nitrogen and oxygen atoms in total. The van der Waals surface area contributed by atoms with E-state index >= 15 is 0 Å². The maximum Gasteiger partial charge on any atom is 0.109 e. The van der Waals surface area contributed by atoms with Gasteiger partial charge < -0.3 is 9.84 Å². The number of unbranched alkanes of at least 4 members (excludes halogenated alkanes) is 1. The van der Waals surface area contributed by atoms with E-state index in [4.69, 9.17) is 9.84 Å². The Bertz CT molecular complexity index is 96.5. The van der Waals surface area contributed by atoms with E-state index in [2.05, 4.69) is 12.2 Å². The van der Waals surface area contributed by atoms with Crippen LogP contribution in [0.25, 0.3) is 0 Å². The fourth-order valence-electron chi connectivity index (χ4n) is 0.923. The van der Waals surface area contributed by atoms with Gasteiger partial charge in [0.15, 0.2) is 0 Å². The zero-order valence-electron chi connectivity index (χ0n) is 8.34. The molecule has 0 aliphatic carbocycles. The van der Waals surface area contributed by atoms with Gasteiger partial charge in [-0.2, -0.15) is 0 Å². The highest BCUT2D eigenvalue weighted by Gasteiger charge is 2.06. The molecule has 12 heavy (non-hydrogen) atoms. The second-order valence-electron chi connectivity index (χ2n) is 2.96. The maximum absolute atomic E-state index is 9.02. The molecule has 0 radical (unpaired) electrons. The molecule has 2 atom stereocenters. The predicted molar refractivity (Wildman–Crippen MR) is 49.8 cm³/mol. The standard InChI is InChI=1S/C9H21NO2/c1-4-6-7-12-9(5-2)10-8(3)11/h8-11H,4-7H2,1-3H3. The summed E-state index contributed by atoms with van der Waals surface area (Å²) < 4.78 is 5.47. The van der Waals surface area contributed by atoms with Crippen molar-refractivity contribution in [3.05, 3.63) is 0 Å². The van der Waals surface area contributed by atoms with Gasteiger partial charge in [-0.3, -0.25) is 5.32 Å². The third-order valence-corrected chi connectivity index (χ3v) is 1.61. The first kappa shape index (κ1) is 11.9. The first-order chi connectivity index (χ1) is 5.70. The van der Waals surface area contributed by atoms with Gasteiger partial charge in [0.05, 0.1) is 0 Å². The van der Waals surface area contributed by atoms with E-state index in [1.54, 1.807) is 6.92 Å². The highest BCUT2D eigenvalue weighted by Crippen LogP contribution is 1.97. The van der Waals surface area contributed by atoms with Gasteiger partial charge in [0.25, 0.3) is 0 Å². The van der Waals surface area contributed by atoms with E-state index in [1.165, 1.54) is 0 Å². The second-order valence-corrected chi connectivity index (χ2v) is 2.96. The minimum Gasteiger partial charge on any atom is -0.379 e. The van der Waals surface area contributed by atoms with Crippen molar-refractivity contribution in [2.24, 2.45) is 0 Å². The van der Waals surface area contributed by atoms with Crippen molar-refractivity contribution in [3.63, 3.8) is 0 Å². The van der Waals surface area contributed by atoms with Gasteiger partial charge in [-0.05, 0) is 19.8 Å². The number of hydrogen-bond acceptors (Lipinski definition) is 3. The fourth-order valence-corrected chi connectivity index (χ4v) is 0.923. The van der Waals surface area contributed by atoms with E-state index in [0.717, 1.165) is 25.9 Å². The first-order valence-electron chi connectivity index (χ1n) is 4.76. The molecule has 0 amide bonds. The summed E-state index contributed by atoms with van der Waals surface area (Å²) in [5.74, 6) is 0. The first-order valence-corrected chi connectivity index (χ1v) is 4.76. The van der Waals surface area contributed by atoms with Crippen LogP contribution in [0.3, 0.4) is 0 Å². The van der Waals surface area contributed by atoms with Crippen molar-refractivity contribution in [2.45, 2.75) is 52.5 Å². The molecular formula is C9H21NO2. The largest absolute Gasteiger partial charge is 0.379 e.